The Kier molecular flexibility index (Phi) is 27.6. The summed E-state index contributed by atoms with van der Waals surface area (Å²) < 4.78 is 21.1. The molecule has 374 valence electrons. The number of ether oxygens (including phenoxy) is 4. The van der Waals surface area contributed by atoms with Crippen molar-refractivity contribution >= 4 is 30.0 Å². The summed E-state index contributed by atoms with van der Waals surface area (Å²) in [5.74, 6) is -2.89. The molecule has 4 rings (SSSR count). The van der Waals surface area contributed by atoms with Gasteiger partial charge in [-0.1, -0.05) is 121 Å². The maximum Gasteiger partial charge on any atom is 0.408 e. The lowest BCUT2D eigenvalue weighted by Crippen LogP contribution is -2.50. The number of carbonyl (C=O) groups is 5. The molecule has 0 aromatic heterocycles. The molecule has 0 saturated heterocycles. The predicted octanol–water partition coefficient (Wildman–Crippen LogP) is 6.26. The highest BCUT2D eigenvalue weighted by molar-refractivity contribution is 5.82. The number of nitrogens with one attached hydrogen (secondary N) is 3. The first kappa shape index (κ1) is 59.6. The number of hydrogen-bond acceptors (Lipinski definition) is 13. The highest BCUT2D eigenvalue weighted by Crippen LogP contribution is 2.11. The number of carbonyl (C=O) groups excluding carboxylic acids is 3. The summed E-state index contributed by atoms with van der Waals surface area (Å²) >= 11 is 0. The van der Waals surface area contributed by atoms with E-state index in [1.54, 1.807) is 55.4 Å². The van der Waals surface area contributed by atoms with Crippen LogP contribution in [0.25, 0.3) is 0 Å². The number of alkyl carbamates (subject to hydrolysis) is 2. The summed E-state index contributed by atoms with van der Waals surface area (Å²) in [6, 6.07) is 34.9. The van der Waals surface area contributed by atoms with E-state index in [9.17, 15) is 29.1 Å². The molecule has 0 aliphatic heterocycles. The van der Waals surface area contributed by atoms with E-state index in [0.717, 1.165) is 22.3 Å². The first-order valence-corrected chi connectivity index (χ1v) is 21.7. The van der Waals surface area contributed by atoms with E-state index in [2.05, 4.69) is 16.1 Å². The van der Waals surface area contributed by atoms with Crippen LogP contribution in [0.15, 0.2) is 121 Å². The Labute approximate surface area is 399 Å². The van der Waals surface area contributed by atoms with Crippen molar-refractivity contribution in [1.82, 2.24) is 16.1 Å². The fourth-order valence-electron chi connectivity index (χ4n) is 5.07. The van der Waals surface area contributed by atoms with E-state index in [4.69, 9.17) is 44.8 Å². The van der Waals surface area contributed by atoms with Gasteiger partial charge in [0.1, 0.15) is 17.2 Å². The molecule has 4 aromatic rings. The summed E-state index contributed by atoms with van der Waals surface area (Å²) in [6.07, 6.45) is -3.96. The number of nitrogens with two attached hydrogens (primary N) is 1. The summed E-state index contributed by atoms with van der Waals surface area (Å²) in [5, 5.41) is 39.9. The first-order valence-electron chi connectivity index (χ1n) is 21.7. The standard InChI is InChI=1S/C18H22N2O3.C16H23NO5.C9H17NO5.C7H8O/c1-14(22-12-15-8-4-2-5-9-15)17(19)18(21)20-23-13-16-10-6-3-7-11-16;1-11(21-10-12-8-6-5-7-9-12)13(14(18)19)17-15(20)22-16(2,3)4;1-5(11)6(7(12)13)10-8(14)15-9(2,3)4;8-6-7-4-2-1-3-5-7/h2-11,14,17H,12-13,19H2,1H3,(H,20,21);5-9,11,13H,10H2,1-4H3,(H,17,20)(H,18,19);5-6,11H,1-4H3,(H,10,14)(H,12,13);1-5,8H,6H2/t14-,17?;11-,13?;5-,6+;/m110./s1. The average Bonchev–Trinajstić information content (AvgIpc) is 3.28. The highest BCUT2D eigenvalue weighted by atomic mass is 16.7. The lowest BCUT2D eigenvalue weighted by molar-refractivity contribution is -0.144. The second kappa shape index (κ2) is 31.5. The van der Waals surface area contributed by atoms with Crippen LogP contribution in [0, 0.1) is 0 Å². The van der Waals surface area contributed by atoms with Crippen molar-refractivity contribution in [3.63, 3.8) is 0 Å². The topological polar surface area (TPSA) is 275 Å². The minimum absolute atomic E-state index is 0.140. The number of hydroxylamine groups is 1. The van der Waals surface area contributed by atoms with Crippen LogP contribution in [0.1, 0.15) is 84.6 Å². The molecule has 18 nitrogen and oxygen atoms in total. The quantitative estimate of drug-likeness (QED) is 0.0511. The van der Waals surface area contributed by atoms with E-state index in [1.807, 2.05) is 121 Å². The van der Waals surface area contributed by atoms with Gasteiger partial charge >= 0.3 is 24.1 Å². The SMILES string of the molecule is C[C@@H](OCc1ccccc1)C(N)C(=O)NOCc1ccccc1.C[C@@H](OCc1ccccc1)C(NC(=O)OC(C)(C)C)C(=O)O.C[C@H](O)[C@@H](NC(=O)OC(C)(C)C)C(=O)O.OCc1ccccc1. The molecule has 68 heavy (non-hydrogen) atoms. The third-order valence-electron chi connectivity index (χ3n) is 8.63. The maximum atomic E-state index is 11.9. The zero-order chi connectivity index (χ0) is 51.3. The van der Waals surface area contributed by atoms with Crippen molar-refractivity contribution in [3.8, 4) is 0 Å². The van der Waals surface area contributed by atoms with Crippen molar-refractivity contribution in [2.45, 2.75) is 136 Å². The van der Waals surface area contributed by atoms with Gasteiger partial charge in [0.25, 0.3) is 5.91 Å². The Morgan fingerprint density at radius 1 is 0.544 bits per heavy atom. The lowest BCUT2D eigenvalue weighted by atomic mass is 10.1. The zero-order valence-electron chi connectivity index (χ0n) is 40.3. The van der Waals surface area contributed by atoms with Crippen molar-refractivity contribution in [2.24, 2.45) is 5.73 Å². The fraction of sp³-hybridized carbons (Fsp3) is 0.420. The molecule has 9 N–H and O–H groups in total. The molecule has 2 unspecified atom stereocenters. The molecular weight excluding hydrogens is 881 g/mol. The number of benzene rings is 4. The average molecular weight is 951 g/mol. The van der Waals surface area contributed by atoms with E-state index >= 15 is 0 Å². The van der Waals surface area contributed by atoms with Crippen LogP contribution in [-0.2, 0) is 64.6 Å². The summed E-state index contributed by atoms with van der Waals surface area (Å²) in [6.45, 7) is 15.8. The number of carboxylic acid groups (broad SMARTS) is 2. The van der Waals surface area contributed by atoms with E-state index in [-0.39, 0.29) is 13.2 Å². The van der Waals surface area contributed by atoms with E-state index in [0.29, 0.717) is 13.2 Å². The predicted molar refractivity (Wildman–Crippen MR) is 254 cm³/mol. The Hall–Kier alpha value is -6.41. The van der Waals surface area contributed by atoms with Crippen LogP contribution in [0.4, 0.5) is 9.59 Å². The van der Waals surface area contributed by atoms with E-state index in [1.165, 1.54) is 6.92 Å². The number of aliphatic hydroxyl groups excluding tert-OH is 2. The number of amides is 3. The lowest BCUT2D eigenvalue weighted by Gasteiger charge is -2.25. The normalized spacial score (nSPS) is 13.5. The molecular formula is C50H70N4O14. The van der Waals surface area contributed by atoms with Crippen LogP contribution in [0.5, 0.6) is 0 Å². The van der Waals surface area contributed by atoms with Crippen molar-refractivity contribution in [3.05, 3.63) is 144 Å². The van der Waals surface area contributed by atoms with Gasteiger partial charge in [-0.3, -0.25) is 9.63 Å². The molecule has 0 saturated carbocycles. The molecule has 0 fully saturated rings. The van der Waals surface area contributed by atoms with Crippen LogP contribution in [0.3, 0.4) is 0 Å². The number of hydrogen-bond donors (Lipinski definition) is 8. The largest absolute Gasteiger partial charge is 0.480 e. The molecule has 0 bridgehead atoms. The van der Waals surface area contributed by atoms with Gasteiger partial charge in [-0.2, -0.15) is 0 Å². The summed E-state index contributed by atoms with van der Waals surface area (Å²) in [5.41, 5.74) is 10.8. The molecule has 0 aliphatic carbocycles. The first-order chi connectivity index (χ1) is 31.9. The Morgan fingerprint density at radius 3 is 1.21 bits per heavy atom. The van der Waals surface area contributed by atoms with Gasteiger partial charge < -0.3 is 55.7 Å². The molecule has 0 aliphatic rings. The van der Waals surface area contributed by atoms with Crippen LogP contribution in [0.2, 0.25) is 0 Å². The van der Waals surface area contributed by atoms with Gasteiger partial charge in [-0.25, -0.2) is 24.7 Å². The Bertz CT molecular complexity index is 2030. The smallest absolute Gasteiger partial charge is 0.408 e. The van der Waals surface area contributed by atoms with E-state index < -0.39 is 77.7 Å². The number of aliphatic hydroxyl groups is 2. The van der Waals surface area contributed by atoms with Gasteiger partial charge in [0.2, 0.25) is 0 Å². The second-order valence-corrected chi connectivity index (χ2v) is 17.1. The third kappa shape index (κ3) is 27.9. The number of carboxylic acids is 2. The fourth-order valence-corrected chi connectivity index (χ4v) is 5.07. The van der Waals surface area contributed by atoms with Crippen molar-refractivity contribution < 1.29 is 68.2 Å². The van der Waals surface area contributed by atoms with Crippen LogP contribution >= 0.6 is 0 Å². The second-order valence-electron chi connectivity index (χ2n) is 17.1. The maximum absolute atomic E-state index is 11.9. The third-order valence-corrected chi connectivity index (χ3v) is 8.63. The molecule has 18 heteroatoms. The molecule has 0 heterocycles. The Balaban J connectivity index is 0.000000479. The molecule has 0 spiro atoms. The molecule has 0 radical (unpaired) electrons. The Morgan fingerprint density at radius 2 is 0.882 bits per heavy atom. The van der Waals surface area contributed by atoms with Crippen molar-refractivity contribution in [1.29, 1.82) is 0 Å². The van der Waals surface area contributed by atoms with Gasteiger partial charge in [-0.05, 0) is 84.6 Å². The van der Waals surface area contributed by atoms with Gasteiger partial charge in [0.15, 0.2) is 12.1 Å². The summed E-state index contributed by atoms with van der Waals surface area (Å²) in [7, 11) is 0. The minimum atomic E-state index is -1.36. The van der Waals surface area contributed by atoms with Crippen LogP contribution in [-0.4, -0.2) is 98.1 Å². The number of aliphatic carboxylic acids is 2. The molecule has 3 amide bonds. The minimum Gasteiger partial charge on any atom is -0.480 e. The number of rotatable bonds is 18. The van der Waals surface area contributed by atoms with Gasteiger partial charge in [-0.15, -0.1) is 0 Å². The molecule has 4 aromatic carbocycles. The van der Waals surface area contributed by atoms with Gasteiger partial charge in [0.05, 0.1) is 44.7 Å². The summed E-state index contributed by atoms with van der Waals surface area (Å²) in [4.78, 5) is 61.9. The van der Waals surface area contributed by atoms with Crippen LogP contribution < -0.4 is 21.8 Å². The molecule has 6 atom stereocenters. The highest BCUT2D eigenvalue weighted by Gasteiger charge is 2.30. The zero-order valence-corrected chi connectivity index (χ0v) is 40.3. The monoisotopic (exact) mass is 950 g/mol. The van der Waals surface area contributed by atoms with Gasteiger partial charge in [0, 0.05) is 0 Å². The van der Waals surface area contributed by atoms with Crippen molar-refractivity contribution in [2.75, 3.05) is 0 Å².